The molecule has 0 nitrogen and oxygen atoms in total. The van der Waals surface area contributed by atoms with Crippen LogP contribution in [0.3, 0.4) is 0 Å². The van der Waals surface area contributed by atoms with Gasteiger partial charge in [0.1, 0.15) is 0 Å². The first-order valence-corrected chi connectivity index (χ1v) is 10.9. The molecule has 0 atom stereocenters. The fraction of sp³-hybridized carbons (Fsp3) is 1.00. The highest BCUT2D eigenvalue weighted by atomic mass is 14.0. The third kappa shape index (κ3) is 24.4. The number of hydrogen-bond donors (Lipinski definition) is 0. The summed E-state index contributed by atoms with van der Waals surface area (Å²) in [5, 5.41) is 0. The Hall–Kier alpha value is 0. The monoisotopic (exact) mass is 326 g/mol. The molecule has 0 aliphatic heterocycles. The minimum atomic E-state index is 0. The lowest BCUT2D eigenvalue weighted by Crippen LogP contribution is -1.84. The van der Waals surface area contributed by atoms with Gasteiger partial charge in [-0.15, -0.1) is 0 Å². The highest BCUT2D eigenvalue weighted by Gasteiger charge is 1.94. The molecule has 0 aromatic carbocycles. The molecule has 0 spiro atoms. The smallest absolute Gasteiger partial charge is 0.0533 e. The zero-order chi connectivity index (χ0) is 16.1. The van der Waals surface area contributed by atoms with Gasteiger partial charge < -0.3 is 0 Å². The molecule has 0 heterocycles. The average Bonchev–Trinajstić information content (AvgIpc) is 2.54. The molecule has 0 rings (SSSR count). The lowest BCUT2D eigenvalue weighted by atomic mass is 10.0. The van der Waals surface area contributed by atoms with Crippen LogP contribution in [0.1, 0.15) is 150 Å². The highest BCUT2D eigenvalue weighted by molar-refractivity contribution is 4.50. The van der Waals surface area contributed by atoms with E-state index in [1.54, 1.807) is 0 Å². The number of rotatable bonds is 19. The molecule has 0 N–H and O–H groups in total. The van der Waals surface area contributed by atoms with E-state index in [1.165, 1.54) is 128 Å². The molecule has 0 unspecified atom stereocenters. The molecular weight excluding hydrogens is 276 g/mol. The topological polar surface area (TPSA) is 0 Å². The second-order valence-corrected chi connectivity index (χ2v) is 7.36. The molecule has 0 fully saturated rings. The van der Waals surface area contributed by atoms with Crippen molar-refractivity contribution >= 4 is 0 Å². The Balaban J connectivity index is 0. The molecule has 0 saturated heterocycles. The molecular formula is C23H50. The van der Waals surface area contributed by atoms with Crippen LogP contribution in [0.2, 0.25) is 0 Å². The van der Waals surface area contributed by atoms with Gasteiger partial charge in [0.15, 0.2) is 0 Å². The molecule has 0 saturated carbocycles. The summed E-state index contributed by atoms with van der Waals surface area (Å²) in [7, 11) is 0. The lowest BCUT2D eigenvalue weighted by Gasteiger charge is -2.03. The van der Waals surface area contributed by atoms with Gasteiger partial charge in [-0.25, -0.2) is 0 Å². The van der Waals surface area contributed by atoms with E-state index in [4.69, 9.17) is 0 Å². The Labute approximate surface area is 150 Å². The lowest BCUT2D eigenvalue weighted by molar-refractivity contribution is 0.523. The predicted molar refractivity (Wildman–Crippen MR) is 110 cm³/mol. The Morgan fingerprint density at radius 2 is 0.391 bits per heavy atom. The molecule has 142 valence electrons. The van der Waals surface area contributed by atoms with Crippen molar-refractivity contribution in [3.8, 4) is 0 Å². The van der Waals surface area contributed by atoms with Gasteiger partial charge in [0.2, 0.25) is 0 Å². The molecule has 0 amide bonds. The third-order valence-electron chi connectivity index (χ3n) is 4.96. The van der Waals surface area contributed by atoms with Crippen LogP contribution in [-0.2, 0) is 0 Å². The molecule has 0 aromatic heterocycles. The van der Waals surface area contributed by atoms with E-state index in [9.17, 15) is 0 Å². The van der Waals surface area contributed by atoms with Gasteiger partial charge in [-0.3, -0.25) is 0 Å². The standard InChI is InChI=1S/C22H46.CH4/c1-3-5-7-9-11-13-15-17-19-21-22-20-18-16-14-12-10-8-6-4-2;/h3-22H2,1-2H3;1H4. The first kappa shape index (κ1) is 25.2. The Morgan fingerprint density at radius 1 is 0.261 bits per heavy atom. The van der Waals surface area contributed by atoms with Gasteiger partial charge >= 0.3 is 0 Å². The second-order valence-electron chi connectivity index (χ2n) is 7.36. The first-order chi connectivity index (χ1) is 10.9. The molecule has 0 bridgehead atoms. The van der Waals surface area contributed by atoms with Gasteiger partial charge in [-0.2, -0.15) is 0 Å². The molecule has 0 radical (unpaired) electrons. The predicted octanol–water partition coefficient (Wildman–Crippen LogP) is 9.46. The van der Waals surface area contributed by atoms with E-state index in [0.717, 1.165) is 0 Å². The van der Waals surface area contributed by atoms with E-state index in [1.807, 2.05) is 0 Å². The van der Waals surface area contributed by atoms with E-state index in [0.29, 0.717) is 0 Å². The maximum absolute atomic E-state index is 2.30. The number of unbranched alkanes of at least 4 members (excludes halogenated alkanes) is 19. The van der Waals surface area contributed by atoms with E-state index in [2.05, 4.69) is 13.8 Å². The van der Waals surface area contributed by atoms with Crippen LogP contribution in [0.5, 0.6) is 0 Å². The summed E-state index contributed by atoms with van der Waals surface area (Å²) in [5.74, 6) is 0. The quantitative estimate of drug-likeness (QED) is 0.207. The summed E-state index contributed by atoms with van der Waals surface area (Å²) in [4.78, 5) is 0. The maximum Gasteiger partial charge on any atom is -0.0533 e. The number of hydrogen-bond acceptors (Lipinski definition) is 0. The van der Waals surface area contributed by atoms with Crippen molar-refractivity contribution in [1.29, 1.82) is 0 Å². The fourth-order valence-electron chi connectivity index (χ4n) is 3.33. The van der Waals surface area contributed by atoms with Gasteiger partial charge in [-0.05, 0) is 0 Å². The van der Waals surface area contributed by atoms with Crippen molar-refractivity contribution in [3.63, 3.8) is 0 Å². The third-order valence-corrected chi connectivity index (χ3v) is 4.96. The SMILES string of the molecule is C.CCCCCCCCCCCCCCCCCCCCCC. The normalized spacial score (nSPS) is 10.7. The van der Waals surface area contributed by atoms with Crippen LogP contribution in [0.15, 0.2) is 0 Å². The van der Waals surface area contributed by atoms with Crippen molar-refractivity contribution in [2.24, 2.45) is 0 Å². The minimum absolute atomic E-state index is 0. The Bertz CT molecular complexity index is 153. The van der Waals surface area contributed by atoms with Gasteiger partial charge in [0.05, 0.1) is 0 Å². The molecule has 0 aliphatic rings. The zero-order valence-corrected chi connectivity index (χ0v) is 16.1. The molecule has 23 heavy (non-hydrogen) atoms. The fourth-order valence-corrected chi connectivity index (χ4v) is 3.33. The second kappa shape index (κ2) is 24.3. The Morgan fingerprint density at radius 3 is 0.522 bits per heavy atom. The summed E-state index contributed by atoms with van der Waals surface area (Å²) >= 11 is 0. The van der Waals surface area contributed by atoms with Crippen LogP contribution in [0.4, 0.5) is 0 Å². The van der Waals surface area contributed by atoms with Crippen molar-refractivity contribution < 1.29 is 0 Å². The van der Waals surface area contributed by atoms with Gasteiger partial charge in [0.25, 0.3) is 0 Å². The summed E-state index contributed by atoms with van der Waals surface area (Å²) in [6.07, 6.45) is 29.4. The van der Waals surface area contributed by atoms with Crippen LogP contribution >= 0.6 is 0 Å². The van der Waals surface area contributed by atoms with Crippen molar-refractivity contribution in [2.45, 2.75) is 150 Å². The Kier molecular flexibility index (Phi) is 26.6. The van der Waals surface area contributed by atoms with Crippen molar-refractivity contribution in [2.75, 3.05) is 0 Å². The van der Waals surface area contributed by atoms with Crippen molar-refractivity contribution in [3.05, 3.63) is 0 Å². The zero-order valence-electron chi connectivity index (χ0n) is 16.1. The average molecular weight is 327 g/mol. The van der Waals surface area contributed by atoms with Crippen LogP contribution in [-0.4, -0.2) is 0 Å². The molecule has 0 heteroatoms. The largest absolute Gasteiger partial charge is 0.0776 e. The highest BCUT2D eigenvalue weighted by Crippen LogP contribution is 2.14. The molecule has 0 aliphatic carbocycles. The van der Waals surface area contributed by atoms with Crippen LogP contribution < -0.4 is 0 Å². The van der Waals surface area contributed by atoms with Gasteiger partial charge in [-0.1, -0.05) is 150 Å². The summed E-state index contributed by atoms with van der Waals surface area (Å²) < 4.78 is 0. The van der Waals surface area contributed by atoms with E-state index >= 15 is 0 Å². The summed E-state index contributed by atoms with van der Waals surface area (Å²) in [5.41, 5.74) is 0. The van der Waals surface area contributed by atoms with Crippen LogP contribution in [0.25, 0.3) is 0 Å². The first-order valence-electron chi connectivity index (χ1n) is 10.9. The van der Waals surface area contributed by atoms with Crippen LogP contribution in [0, 0.1) is 0 Å². The van der Waals surface area contributed by atoms with E-state index in [-0.39, 0.29) is 7.43 Å². The minimum Gasteiger partial charge on any atom is -0.0776 e. The summed E-state index contributed by atoms with van der Waals surface area (Å²) in [6, 6.07) is 0. The van der Waals surface area contributed by atoms with Gasteiger partial charge in [0, 0.05) is 0 Å². The maximum atomic E-state index is 2.30. The molecule has 0 aromatic rings. The van der Waals surface area contributed by atoms with E-state index < -0.39 is 0 Å². The van der Waals surface area contributed by atoms with Crippen molar-refractivity contribution in [1.82, 2.24) is 0 Å². The summed E-state index contributed by atoms with van der Waals surface area (Å²) in [6.45, 7) is 4.60.